The maximum Gasteiger partial charge on any atom is 0.338 e. The largest absolute Gasteiger partial charge is 0.478 e. The highest BCUT2D eigenvalue weighted by Gasteiger charge is 2.21. The standard InChI is InChI=1S/C15H10BrF2N3O2.C12H27NO2/c1-21-6-19-14-11(21)5-8(15(22)23)13(12(14)18)20-10-3-2-7(16)4-9(10)17;1-2-3-4-5-6-7-8-9-10-13-15-12-11-14/h2-6,20H,1H3,(H,22,23);13-14H,2-12H2,1H3. The molecular formula is C27H37BrF2N4O4. The summed E-state index contributed by atoms with van der Waals surface area (Å²) in [6.45, 7) is 3.62. The van der Waals surface area contributed by atoms with Crippen LogP contribution in [-0.2, 0) is 11.9 Å². The van der Waals surface area contributed by atoms with E-state index in [9.17, 15) is 18.7 Å². The molecule has 4 N–H and O–H groups in total. The number of hydrogen-bond acceptors (Lipinski definition) is 6. The van der Waals surface area contributed by atoms with Crippen LogP contribution in [0.2, 0.25) is 0 Å². The number of aromatic carboxylic acids is 1. The summed E-state index contributed by atoms with van der Waals surface area (Å²) in [5.41, 5.74) is 2.51. The fraction of sp³-hybridized carbons (Fsp3) is 0.481. The Bertz CT molecular complexity index is 1150. The topological polar surface area (TPSA) is 109 Å². The van der Waals surface area contributed by atoms with E-state index < -0.39 is 17.6 Å². The predicted molar refractivity (Wildman–Crippen MR) is 149 cm³/mol. The number of aliphatic hydroxyl groups excluding tert-OH is 1. The van der Waals surface area contributed by atoms with E-state index in [2.05, 4.69) is 38.6 Å². The summed E-state index contributed by atoms with van der Waals surface area (Å²) in [7, 11) is 1.63. The van der Waals surface area contributed by atoms with Gasteiger partial charge in [-0.1, -0.05) is 67.8 Å². The number of imidazole rings is 1. The fourth-order valence-corrected chi connectivity index (χ4v) is 4.10. The minimum atomic E-state index is -1.33. The normalized spacial score (nSPS) is 10.9. The van der Waals surface area contributed by atoms with Gasteiger partial charge in [-0.15, -0.1) is 0 Å². The lowest BCUT2D eigenvalue weighted by molar-refractivity contribution is 0.0170. The van der Waals surface area contributed by atoms with Crippen LogP contribution in [0.25, 0.3) is 11.0 Å². The zero-order chi connectivity index (χ0) is 27.9. The summed E-state index contributed by atoms with van der Waals surface area (Å²) < 4.78 is 30.6. The van der Waals surface area contributed by atoms with Crippen LogP contribution >= 0.6 is 15.9 Å². The average Bonchev–Trinajstić information content (AvgIpc) is 3.26. The molecular weight excluding hydrogens is 562 g/mol. The summed E-state index contributed by atoms with van der Waals surface area (Å²) in [5.74, 6) is -2.81. The van der Waals surface area contributed by atoms with E-state index in [0.29, 0.717) is 16.6 Å². The van der Waals surface area contributed by atoms with Crippen molar-refractivity contribution in [2.75, 3.05) is 25.1 Å². The number of benzene rings is 2. The summed E-state index contributed by atoms with van der Waals surface area (Å²) >= 11 is 3.12. The van der Waals surface area contributed by atoms with Gasteiger partial charge < -0.3 is 20.1 Å². The molecule has 11 heteroatoms. The molecule has 1 heterocycles. The quantitative estimate of drug-likeness (QED) is 0.114. The van der Waals surface area contributed by atoms with Crippen LogP contribution in [0.15, 0.2) is 35.1 Å². The number of unbranched alkanes of at least 4 members (excludes halogenated alkanes) is 7. The first-order valence-corrected chi connectivity index (χ1v) is 13.6. The van der Waals surface area contributed by atoms with E-state index in [1.54, 1.807) is 13.1 Å². The Labute approximate surface area is 230 Å². The Hall–Kier alpha value is -2.60. The second-order valence-corrected chi connectivity index (χ2v) is 9.75. The van der Waals surface area contributed by atoms with Gasteiger partial charge in [0.05, 0.1) is 42.0 Å². The smallest absolute Gasteiger partial charge is 0.338 e. The Morgan fingerprint density at radius 3 is 2.42 bits per heavy atom. The summed E-state index contributed by atoms with van der Waals surface area (Å²) in [6, 6.07) is 5.43. The number of anilines is 2. The average molecular weight is 600 g/mol. The van der Waals surface area contributed by atoms with Gasteiger partial charge in [-0.2, -0.15) is 0 Å². The molecule has 38 heavy (non-hydrogen) atoms. The number of carboxylic acid groups (broad SMARTS) is 1. The zero-order valence-corrected chi connectivity index (χ0v) is 23.5. The predicted octanol–water partition coefficient (Wildman–Crippen LogP) is 6.70. The van der Waals surface area contributed by atoms with Crippen LogP contribution in [0.4, 0.5) is 20.2 Å². The molecule has 0 bridgehead atoms. The summed E-state index contributed by atoms with van der Waals surface area (Å²) in [4.78, 5) is 20.3. The third-order valence-electron chi connectivity index (χ3n) is 5.81. The summed E-state index contributed by atoms with van der Waals surface area (Å²) in [6.07, 6.45) is 12.0. The molecule has 0 spiro atoms. The van der Waals surface area contributed by atoms with E-state index in [1.807, 2.05) is 0 Å². The molecule has 1 aromatic heterocycles. The van der Waals surface area contributed by atoms with E-state index in [-0.39, 0.29) is 29.1 Å². The first-order valence-electron chi connectivity index (χ1n) is 12.8. The Kier molecular flexibility index (Phi) is 14.2. The highest BCUT2D eigenvalue weighted by atomic mass is 79.9. The van der Waals surface area contributed by atoms with E-state index >= 15 is 0 Å². The van der Waals surface area contributed by atoms with Crippen LogP contribution < -0.4 is 10.8 Å². The number of aryl methyl sites for hydroxylation is 1. The first-order chi connectivity index (χ1) is 18.3. The van der Waals surface area contributed by atoms with Crippen molar-refractivity contribution in [3.8, 4) is 0 Å². The van der Waals surface area contributed by atoms with Crippen molar-refractivity contribution >= 4 is 44.3 Å². The molecule has 2 aromatic carbocycles. The number of aliphatic hydroxyl groups is 1. The Morgan fingerprint density at radius 2 is 1.79 bits per heavy atom. The third kappa shape index (κ3) is 9.94. The number of carboxylic acids is 1. The monoisotopic (exact) mass is 598 g/mol. The minimum Gasteiger partial charge on any atom is -0.478 e. The molecule has 0 saturated heterocycles. The number of aromatic nitrogens is 2. The lowest BCUT2D eigenvalue weighted by Gasteiger charge is -2.12. The van der Waals surface area contributed by atoms with Gasteiger partial charge in [-0.3, -0.25) is 4.84 Å². The number of hydrogen-bond donors (Lipinski definition) is 4. The zero-order valence-electron chi connectivity index (χ0n) is 21.9. The third-order valence-corrected chi connectivity index (χ3v) is 6.30. The van der Waals surface area contributed by atoms with Gasteiger partial charge >= 0.3 is 5.97 Å². The van der Waals surface area contributed by atoms with Gasteiger partial charge in [-0.05, 0) is 30.7 Å². The van der Waals surface area contributed by atoms with Crippen LogP contribution in [-0.4, -0.2) is 45.5 Å². The molecule has 3 aromatic rings. The molecule has 210 valence electrons. The van der Waals surface area contributed by atoms with Gasteiger partial charge in [0.15, 0.2) is 5.82 Å². The highest BCUT2D eigenvalue weighted by Crippen LogP contribution is 2.32. The van der Waals surface area contributed by atoms with Gasteiger partial charge in [0, 0.05) is 18.1 Å². The minimum absolute atomic E-state index is 0.0116. The second kappa shape index (κ2) is 17.1. The molecule has 8 nitrogen and oxygen atoms in total. The maximum absolute atomic E-state index is 14.7. The first kappa shape index (κ1) is 31.6. The van der Waals surface area contributed by atoms with Crippen LogP contribution in [0, 0.1) is 11.6 Å². The maximum atomic E-state index is 14.7. The van der Waals surface area contributed by atoms with E-state index in [1.165, 1.54) is 80.5 Å². The van der Waals surface area contributed by atoms with Crippen molar-refractivity contribution in [3.63, 3.8) is 0 Å². The second-order valence-electron chi connectivity index (χ2n) is 8.83. The highest BCUT2D eigenvalue weighted by molar-refractivity contribution is 9.10. The summed E-state index contributed by atoms with van der Waals surface area (Å²) in [5, 5.41) is 20.3. The van der Waals surface area contributed by atoms with Gasteiger partial charge in [0.25, 0.3) is 0 Å². The molecule has 3 rings (SSSR count). The lowest BCUT2D eigenvalue weighted by Crippen LogP contribution is -2.18. The van der Waals surface area contributed by atoms with Gasteiger partial charge in [0.1, 0.15) is 11.3 Å². The van der Waals surface area contributed by atoms with E-state index in [4.69, 9.17) is 9.94 Å². The molecule has 0 fully saturated rings. The lowest BCUT2D eigenvalue weighted by atomic mass is 10.1. The van der Waals surface area contributed by atoms with Crippen LogP contribution in [0.3, 0.4) is 0 Å². The molecule has 0 amide bonds. The number of carbonyl (C=O) groups is 1. The number of hydroxylamine groups is 1. The van der Waals surface area contributed by atoms with Crippen LogP contribution in [0.1, 0.15) is 68.6 Å². The van der Waals surface area contributed by atoms with Crippen molar-refractivity contribution < 1.29 is 28.6 Å². The van der Waals surface area contributed by atoms with Crippen LogP contribution in [0.5, 0.6) is 0 Å². The molecule has 0 aliphatic rings. The fourth-order valence-electron chi connectivity index (χ4n) is 3.76. The van der Waals surface area contributed by atoms with Gasteiger partial charge in [0.2, 0.25) is 0 Å². The Balaban J connectivity index is 0.000000296. The number of nitrogens with zero attached hydrogens (tertiary/aromatic N) is 2. The number of halogens is 3. The molecule has 0 unspecified atom stereocenters. The molecule has 0 aliphatic carbocycles. The number of fused-ring (bicyclic) bond motifs is 1. The molecule has 0 atom stereocenters. The van der Waals surface area contributed by atoms with Crippen molar-refractivity contribution in [1.82, 2.24) is 15.0 Å². The molecule has 0 radical (unpaired) electrons. The van der Waals surface area contributed by atoms with Crippen molar-refractivity contribution in [1.29, 1.82) is 0 Å². The number of nitrogens with one attached hydrogen (secondary N) is 2. The SMILES string of the molecule is CCCCCCCCCCNOCCO.Cn1cnc2c(F)c(Nc3ccc(Br)cc3F)c(C(=O)O)cc21. The number of rotatable bonds is 15. The molecule has 0 saturated carbocycles. The van der Waals surface area contributed by atoms with Crippen molar-refractivity contribution in [3.05, 3.63) is 52.3 Å². The molecule has 0 aliphatic heterocycles. The Morgan fingerprint density at radius 1 is 1.11 bits per heavy atom. The van der Waals surface area contributed by atoms with E-state index in [0.717, 1.165) is 6.54 Å². The van der Waals surface area contributed by atoms with Crippen molar-refractivity contribution in [2.24, 2.45) is 7.05 Å². The van der Waals surface area contributed by atoms with Gasteiger partial charge in [-0.25, -0.2) is 24.0 Å². The van der Waals surface area contributed by atoms with Crippen molar-refractivity contribution in [2.45, 2.75) is 58.3 Å².